The Morgan fingerprint density at radius 2 is 1.49 bits per heavy atom. The normalized spacial score (nSPS) is 11.4. The Kier molecular flexibility index (Phi) is 6.38. The zero-order valence-electron chi connectivity index (χ0n) is 21.8. The van der Waals surface area contributed by atoms with Gasteiger partial charge in [0, 0.05) is 39.7 Å². The van der Waals surface area contributed by atoms with E-state index in [9.17, 15) is 9.59 Å². The Balaban J connectivity index is 1.83. The van der Waals surface area contributed by atoms with Crippen LogP contribution in [-0.2, 0) is 6.42 Å². The molecule has 0 N–H and O–H groups in total. The molecule has 0 unspecified atom stereocenters. The fourth-order valence-corrected chi connectivity index (χ4v) is 4.93. The molecule has 0 radical (unpaired) electrons. The van der Waals surface area contributed by atoms with Gasteiger partial charge in [0.15, 0.2) is 10.9 Å². The van der Waals surface area contributed by atoms with E-state index in [1.807, 2.05) is 69.2 Å². The molecule has 2 aromatic heterocycles. The average Bonchev–Trinajstić information content (AvgIpc) is 2.91. The second-order valence-electron chi connectivity index (χ2n) is 9.20. The molecule has 2 heterocycles. The van der Waals surface area contributed by atoms with Crippen LogP contribution in [0.1, 0.15) is 25.0 Å². The molecule has 3 aromatic carbocycles. The molecule has 0 atom stereocenters. The Morgan fingerprint density at radius 3 is 2.19 bits per heavy atom. The monoisotopic (exact) mass is 498 g/mol. The number of methoxy groups -OCH3 is 1. The first-order valence-corrected chi connectivity index (χ1v) is 12.4. The fourth-order valence-electron chi connectivity index (χ4n) is 4.93. The first-order valence-electron chi connectivity index (χ1n) is 12.4. The van der Waals surface area contributed by atoms with Crippen LogP contribution in [0.2, 0.25) is 0 Å². The Hall–Kier alpha value is -4.26. The minimum absolute atomic E-state index is 0.0745. The number of benzene rings is 3. The third-order valence-electron chi connectivity index (χ3n) is 6.84. The van der Waals surface area contributed by atoms with Gasteiger partial charge in [-0.2, -0.15) is 0 Å². The standard InChI is InChI=1S/C30H30N2O5/c1-6-32(7-2)30-23(28(34)26-20-11-9-8-10-18(20)12-15-24(26)36-30)17-22-27(33)21-14-13-19(35-5)16-25(21)37-29(22)31(3)4/h8-16H,6-7,17H2,1-5H3. The highest BCUT2D eigenvalue weighted by Crippen LogP contribution is 2.32. The molecule has 0 aliphatic rings. The van der Waals surface area contributed by atoms with Crippen LogP contribution in [0.4, 0.5) is 11.8 Å². The van der Waals surface area contributed by atoms with Gasteiger partial charge in [-0.1, -0.05) is 30.3 Å². The highest BCUT2D eigenvalue weighted by molar-refractivity contribution is 6.05. The van der Waals surface area contributed by atoms with Crippen molar-refractivity contribution in [3.63, 3.8) is 0 Å². The lowest BCUT2D eigenvalue weighted by Gasteiger charge is -2.23. The van der Waals surface area contributed by atoms with Gasteiger partial charge in [-0.05, 0) is 42.8 Å². The van der Waals surface area contributed by atoms with E-state index < -0.39 is 0 Å². The fraction of sp³-hybridized carbons (Fsp3) is 0.267. The van der Waals surface area contributed by atoms with Crippen LogP contribution in [0.5, 0.6) is 5.75 Å². The summed E-state index contributed by atoms with van der Waals surface area (Å²) in [5.41, 5.74) is 1.48. The zero-order valence-corrected chi connectivity index (χ0v) is 21.8. The molecule has 0 spiro atoms. The van der Waals surface area contributed by atoms with Crippen molar-refractivity contribution in [3.8, 4) is 5.75 Å². The smallest absolute Gasteiger partial charge is 0.203 e. The van der Waals surface area contributed by atoms with Crippen LogP contribution in [0.3, 0.4) is 0 Å². The van der Waals surface area contributed by atoms with Crippen molar-refractivity contribution < 1.29 is 13.6 Å². The molecule has 7 heteroatoms. The number of nitrogens with zero attached hydrogens (tertiary/aromatic N) is 2. The van der Waals surface area contributed by atoms with E-state index in [0.29, 0.717) is 63.7 Å². The molecule has 0 amide bonds. The number of fused-ring (bicyclic) bond motifs is 4. The van der Waals surface area contributed by atoms with Gasteiger partial charge < -0.3 is 23.4 Å². The van der Waals surface area contributed by atoms with E-state index in [-0.39, 0.29) is 17.3 Å². The summed E-state index contributed by atoms with van der Waals surface area (Å²) in [6.07, 6.45) is 0.0745. The van der Waals surface area contributed by atoms with Crippen LogP contribution < -0.4 is 25.4 Å². The van der Waals surface area contributed by atoms with E-state index in [0.717, 1.165) is 10.8 Å². The highest BCUT2D eigenvalue weighted by Gasteiger charge is 2.24. The third-order valence-corrected chi connectivity index (χ3v) is 6.84. The lowest BCUT2D eigenvalue weighted by molar-refractivity contribution is 0.414. The maximum atomic E-state index is 14.2. The van der Waals surface area contributed by atoms with Crippen LogP contribution in [-0.4, -0.2) is 34.3 Å². The van der Waals surface area contributed by atoms with E-state index in [1.165, 1.54) is 0 Å². The zero-order chi connectivity index (χ0) is 26.3. The summed E-state index contributed by atoms with van der Waals surface area (Å²) in [4.78, 5) is 31.7. The predicted molar refractivity (Wildman–Crippen MR) is 150 cm³/mol. The van der Waals surface area contributed by atoms with Crippen molar-refractivity contribution in [2.75, 3.05) is 44.1 Å². The largest absolute Gasteiger partial charge is 0.497 e. The van der Waals surface area contributed by atoms with Crippen molar-refractivity contribution in [2.24, 2.45) is 0 Å². The quantitative estimate of drug-likeness (QED) is 0.272. The summed E-state index contributed by atoms with van der Waals surface area (Å²) in [6.45, 7) is 5.33. The summed E-state index contributed by atoms with van der Waals surface area (Å²) < 4.78 is 17.9. The van der Waals surface area contributed by atoms with Gasteiger partial charge in [0.05, 0.1) is 29.0 Å². The molecule has 5 rings (SSSR count). The van der Waals surface area contributed by atoms with Gasteiger partial charge in [-0.25, -0.2) is 0 Å². The van der Waals surface area contributed by atoms with Crippen molar-refractivity contribution in [3.05, 3.63) is 86.2 Å². The lowest BCUT2D eigenvalue weighted by atomic mass is 9.99. The molecule has 190 valence electrons. The van der Waals surface area contributed by atoms with Gasteiger partial charge >= 0.3 is 0 Å². The minimum atomic E-state index is -0.185. The van der Waals surface area contributed by atoms with Gasteiger partial charge in [0.2, 0.25) is 11.8 Å². The molecule has 0 fully saturated rings. The number of hydrogen-bond donors (Lipinski definition) is 0. The number of hydrogen-bond acceptors (Lipinski definition) is 7. The third kappa shape index (κ3) is 4.10. The molecule has 0 bridgehead atoms. The van der Waals surface area contributed by atoms with Gasteiger partial charge in [-0.3, -0.25) is 9.59 Å². The first-order chi connectivity index (χ1) is 17.9. The second-order valence-corrected chi connectivity index (χ2v) is 9.20. The summed E-state index contributed by atoms with van der Waals surface area (Å²) in [5.74, 6) is 1.48. The lowest BCUT2D eigenvalue weighted by Crippen LogP contribution is -2.28. The van der Waals surface area contributed by atoms with Gasteiger partial charge in [0.1, 0.15) is 16.9 Å². The highest BCUT2D eigenvalue weighted by atomic mass is 16.5. The minimum Gasteiger partial charge on any atom is -0.497 e. The van der Waals surface area contributed by atoms with Crippen molar-refractivity contribution in [1.82, 2.24) is 0 Å². The average molecular weight is 499 g/mol. The predicted octanol–water partition coefficient (Wildman–Crippen LogP) is 5.56. The van der Waals surface area contributed by atoms with Gasteiger partial charge in [0.25, 0.3) is 0 Å². The SMILES string of the molecule is CCN(CC)c1oc2ccc3ccccc3c2c(=O)c1Cc1c(N(C)C)oc2cc(OC)ccc2c1=O. The summed E-state index contributed by atoms with van der Waals surface area (Å²) in [6, 6.07) is 16.7. The molecule has 5 aromatic rings. The Morgan fingerprint density at radius 1 is 0.784 bits per heavy atom. The molecule has 0 saturated carbocycles. The molecular weight excluding hydrogens is 468 g/mol. The van der Waals surface area contributed by atoms with Crippen molar-refractivity contribution in [1.29, 1.82) is 0 Å². The van der Waals surface area contributed by atoms with Crippen LogP contribution in [0, 0.1) is 0 Å². The Labute approximate surface area is 214 Å². The summed E-state index contributed by atoms with van der Waals surface area (Å²) >= 11 is 0. The van der Waals surface area contributed by atoms with Crippen LogP contribution in [0.25, 0.3) is 32.7 Å². The number of rotatable bonds is 7. The van der Waals surface area contributed by atoms with E-state index in [1.54, 1.807) is 30.2 Å². The topological polar surface area (TPSA) is 76.1 Å². The summed E-state index contributed by atoms with van der Waals surface area (Å²) in [5, 5.41) is 2.73. The molecule has 0 saturated heterocycles. The molecule has 37 heavy (non-hydrogen) atoms. The van der Waals surface area contributed by atoms with Gasteiger partial charge in [-0.15, -0.1) is 0 Å². The number of ether oxygens (including phenoxy) is 1. The van der Waals surface area contributed by atoms with E-state index in [2.05, 4.69) is 0 Å². The van der Waals surface area contributed by atoms with E-state index in [4.69, 9.17) is 13.6 Å². The molecule has 0 aliphatic carbocycles. The first kappa shape index (κ1) is 24.4. The maximum Gasteiger partial charge on any atom is 0.203 e. The van der Waals surface area contributed by atoms with Crippen molar-refractivity contribution in [2.45, 2.75) is 20.3 Å². The van der Waals surface area contributed by atoms with E-state index >= 15 is 0 Å². The molecular formula is C30H30N2O5. The van der Waals surface area contributed by atoms with Crippen LogP contribution in [0.15, 0.2) is 73.0 Å². The number of anilines is 2. The maximum absolute atomic E-state index is 14.2. The Bertz CT molecular complexity index is 1750. The van der Waals surface area contributed by atoms with Crippen molar-refractivity contribution >= 4 is 44.5 Å². The molecule has 0 aliphatic heterocycles. The van der Waals surface area contributed by atoms with Crippen LogP contribution >= 0.6 is 0 Å². The molecule has 7 nitrogen and oxygen atoms in total. The summed E-state index contributed by atoms with van der Waals surface area (Å²) in [7, 11) is 5.20. The second kappa shape index (κ2) is 9.65.